The van der Waals surface area contributed by atoms with Gasteiger partial charge in [0.2, 0.25) is 0 Å². The summed E-state index contributed by atoms with van der Waals surface area (Å²) in [7, 11) is 1.86. The fourth-order valence-corrected chi connectivity index (χ4v) is 2.16. The molecule has 0 spiro atoms. The molecular formula is C13H19N3O. The molecule has 0 saturated carbocycles. The highest BCUT2D eigenvalue weighted by molar-refractivity contribution is 5.74. The molecule has 1 fully saturated rings. The molecule has 0 aliphatic carbocycles. The lowest BCUT2D eigenvalue weighted by Gasteiger charge is -2.31. The zero-order valence-corrected chi connectivity index (χ0v) is 10.3. The number of piperidine rings is 1. The number of nitrogens with zero attached hydrogens (tertiary/aromatic N) is 3. The number of amides is 2. The summed E-state index contributed by atoms with van der Waals surface area (Å²) >= 11 is 0. The van der Waals surface area contributed by atoms with E-state index in [1.165, 1.54) is 6.42 Å². The minimum Gasteiger partial charge on any atom is -0.325 e. The lowest BCUT2D eigenvalue weighted by atomic mass is 10.1. The normalized spacial score (nSPS) is 15.7. The minimum absolute atomic E-state index is 0.140. The average Bonchev–Trinajstić information content (AvgIpc) is 2.40. The van der Waals surface area contributed by atoms with E-state index in [4.69, 9.17) is 0 Å². The first kappa shape index (κ1) is 11.9. The Morgan fingerprint density at radius 3 is 2.59 bits per heavy atom. The molecule has 1 aliphatic heterocycles. The predicted octanol–water partition coefficient (Wildman–Crippen LogP) is 2.12. The van der Waals surface area contributed by atoms with Crippen LogP contribution in [-0.2, 0) is 6.54 Å². The third-order valence-corrected chi connectivity index (χ3v) is 3.12. The molecule has 1 aliphatic rings. The van der Waals surface area contributed by atoms with Crippen LogP contribution in [0.1, 0.15) is 24.8 Å². The zero-order valence-electron chi connectivity index (χ0n) is 10.3. The highest BCUT2D eigenvalue weighted by Crippen LogP contribution is 2.12. The summed E-state index contributed by atoms with van der Waals surface area (Å²) in [5.41, 5.74) is 1.12. The maximum absolute atomic E-state index is 12.1. The molecule has 2 rings (SSSR count). The van der Waals surface area contributed by atoms with E-state index in [1.807, 2.05) is 24.1 Å². The number of carbonyl (C=O) groups excluding carboxylic acids is 1. The Kier molecular flexibility index (Phi) is 3.96. The van der Waals surface area contributed by atoms with Gasteiger partial charge in [0.25, 0.3) is 0 Å². The van der Waals surface area contributed by atoms with Crippen LogP contribution in [0.2, 0.25) is 0 Å². The predicted molar refractivity (Wildman–Crippen MR) is 66.5 cm³/mol. The van der Waals surface area contributed by atoms with Crippen LogP contribution in [0, 0.1) is 0 Å². The van der Waals surface area contributed by atoms with Crippen LogP contribution < -0.4 is 0 Å². The van der Waals surface area contributed by atoms with Crippen LogP contribution in [0.25, 0.3) is 0 Å². The number of rotatable bonds is 2. The molecule has 4 heteroatoms. The van der Waals surface area contributed by atoms with E-state index < -0.39 is 0 Å². The van der Waals surface area contributed by atoms with E-state index in [0.717, 1.165) is 31.5 Å². The lowest BCUT2D eigenvalue weighted by molar-refractivity contribution is 0.151. The highest BCUT2D eigenvalue weighted by Gasteiger charge is 2.19. The van der Waals surface area contributed by atoms with Crippen LogP contribution in [0.3, 0.4) is 0 Å². The molecule has 0 unspecified atom stereocenters. The van der Waals surface area contributed by atoms with E-state index in [2.05, 4.69) is 4.98 Å². The topological polar surface area (TPSA) is 36.4 Å². The summed E-state index contributed by atoms with van der Waals surface area (Å²) in [6, 6.07) is 4.03. The summed E-state index contributed by atoms with van der Waals surface area (Å²) in [6.07, 6.45) is 7.03. The van der Waals surface area contributed by atoms with Gasteiger partial charge in [0.1, 0.15) is 0 Å². The standard InChI is InChI=1S/C13H19N3O/c1-15(11-12-5-7-14-8-6-12)13(17)16-9-3-2-4-10-16/h5-8H,2-4,9-11H2,1H3. The van der Waals surface area contributed by atoms with E-state index in [-0.39, 0.29) is 6.03 Å². The van der Waals surface area contributed by atoms with Crippen molar-refractivity contribution in [1.82, 2.24) is 14.8 Å². The van der Waals surface area contributed by atoms with Crippen LogP contribution in [-0.4, -0.2) is 41.0 Å². The molecule has 1 aromatic rings. The third kappa shape index (κ3) is 3.19. The number of pyridine rings is 1. The molecule has 2 amide bonds. The molecule has 17 heavy (non-hydrogen) atoms. The van der Waals surface area contributed by atoms with E-state index in [1.54, 1.807) is 17.3 Å². The molecule has 0 bridgehead atoms. The summed E-state index contributed by atoms with van der Waals surface area (Å²) < 4.78 is 0. The van der Waals surface area contributed by atoms with Crippen molar-refractivity contribution in [3.05, 3.63) is 30.1 Å². The van der Waals surface area contributed by atoms with Crippen LogP contribution in [0.4, 0.5) is 4.79 Å². The Morgan fingerprint density at radius 2 is 1.94 bits per heavy atom. The lowest BCUT2D eigenvalue weighted by Crippen LogP contribution is -2.43. The van der Waals surface area contributed by atoms with Gasteiger partial charge in [-0.2, -0.15) is 0 Å². The van der Waals surface area contributed by atoms with Gasteiger partial charge in [-0.05, 0) is 37.0 Å². The Labute approximate surface area is 102 Å². The third-order valence-electron chi connectivity index (χ3n) is 3.12. The molecule has 0 N–H and O–H groups in total. The largest absolute Gasteiger partial charge is 0.325 e. The van der Waals surface area contributed by atoms with Crippen molar-refractivity contribution >= 4 is 6.03 Å². The van der Waals surface area contributed by atoms with Crippen molar-refractivity contribution < 1.29 is 4.79 Å². The second-order valence-corrected chi connectivity index (χ2v) is 4.54. The first-order valence-electron chi connectivity index (χ1n) is 6.16. The van der Waals surface area contributed by atoms with Gasteiger partial charge in [-0.15, -0.1) is 0 Å². The molecular weight excluding hydrogens is 214 g/mol. The smallest absolute Gasteiger partial charge is 0.320 e. The van der Waals surface area contributed by atoms with E-state index in [9.17, 15) is 4.79 Å². The van der Waals surface area contributed by atoms with Crippen molar-refractivity contribution in [3.63, 3.8) is 0 Å². The molecule has 4 nitrogen and oxygen atoms in total. The summed E-state index contributed by atoms with van der Waals surface area (Å²) in [6.45, 7) is 2.46. The van der Waals surface area contributed by atoms with Crippen molar-refractivity contribution in [2.75, 3.05) is 20.1 Å². The number of urea groups is 1. The molecule has 1 saturated heterocycles. The van der Waals surface area contributed by atoms with Crippen molar-refractivity contribution in [2.24, 2.45) is 0 Å². The second kappa shape index (κ2) is 5.66. The first-order chi connectivity index (χ1) is 8.27. The quantitative estimate of drug-likeness (QED) is 0.784. The van der Waals surface area contributed by atoms with Crippen molar-refractivity contribution in [2.45, 2.75) is 25.8 Å². The Balaban J connectivity index is 1.90. The summed E-state index contributed by atoms with van der Waals surface area (Å²) in [4.78, 5) is 19.8. The fourth-order valence-electron chi connectivity index (χ4n) is 2.16. The van der Waals surface area contributed by atoms with Gasteiger partial charge >= 0.3 is 6.03 Å². The maximum Gasteiger partial charge on any atom is 0.320 e. The van der Waals surface area contributed by atoms with Gasteiger partial charge < -0.3 is 9.80 Å². The van der Waals surface area contributed by atoms with Gasteiger partial charge in [0.15, 0.2) is 0 Å². The van der Waals surface area contributed by atoms with Crippen molar-refractivity contribution in [3.8, 4) is 0 Å². The zero-order chi connectivity index (χ0) is 12.1. The molecule has 2 heterocycles. The Hall–Kier alpha value is -1.58. The van der Waals surface area contributed by atoms with Crippen LogP contribution in [0.15, 0.2) is 24.5 Å². The number of hydrogen-bond donors (Lipinski definition) is 0. The van der Waals surface area contributed by atoms with E-state index in [0.29, 0.717) is 6.54 Å². The fraction of sp³-hybridized carbons (Fsp3) is 0.538. The van der Waals surface area contributed by atoms with Crippen molar-refractivity contribution in [1.29, 1.82) is 0 Å². The first-order valence-corrected chi connectivity index (χ1v) is 6.16. The molecule has 1 aromatic heterocycles. The number of carbonyl (C=O) groups is 1. The molecule has 0 aromatic carbocycles. The van der Waals surface area contributed by atoms with Gasteiger partial charge in [-0.3, -0.25) is 4.98 Å². The SMILES string of the molecule is CN(Cc1ccncc1)C(=O)N1CCCCC1. The van der Waals surface area contributed by atoms with Gasteiger partial charge in [0, 0.05) is 39.1 Å². The van der Waals surface area contributed by atoms with E-state index >= 15 is 0 Å². The van der Waals surface area contributed by atoms with Gasteiger partial charge in [-0.1, -0.05) is 0 Å². The van der Waals surface area contributed by atoms with Crippen LogP contribution in [0.5, 0.6) is 0 Å². The number of aromatic nitrogens is 1. The van der Waals surface area contributed by atoms with Crippen LogP contribution >= 0.6 is 0 Å². The van der Waals surface area contributed by atoms with Gasteiger partial charge in [-0.25, -0.2) is 4.79 Å². The molecule has 0 atom stereocenters. The molecule has 92 valence electrons. The highest BCUT2D eigenvalue weighted by atomic mass is 16.2. The maximum atomic E-state index is 12.1. The monoisotopic (exact) mass is 233 g/mol. The molecule has 0 radical (unpaired) electrons. The summed E-state index contributed by atoms with van der Waals surface area (Å²) in [5.74, 6) is 0. The number of hydrogen-bond acceptors (Lipinski definition) is 2. The second-order valence-electron chi connectivity index (χ2n) is 4.54. The minimum atomic E-state index is 0.140. The average molecular weight is 233 g/mol. The summed E-state index contributed by atoms with van der Waals surface area (Å²) in [5, 5.41) is 0. The number of likely N-dealkylation sites (tertiary alicyclic amines) is 1. The Bertz CT molecular complexity index is 360. The Morgan fingerprint density at radius 1 is 1.29 bits per heavy atom. The van der Waals surface area contributed by atoms with Gasteiger partial charge in [0.05, 0.1) is 0 Å².